The average molecular weight is 444 g/mol. The summed E-state index contributed by atoms with van der Waals surface area (Å²) in [6, 6.07) is -4.39. The van der Waals surface area contributed by atoms with Crippen LogP contribution in [0, 0.1) is 5.92 Å². The van der Waals surface area contributed by atoms with Gasteiger partial charge in [-0.1, -0.05) is 13.8 Å². The summed E-state index contributed by atoms with van der Waals surface area (Å²) in [5.41, 5.74) is 0. The lowest BCUT2D eigenvalue weighted by atomic mass is 10.0. The predicted octanol–water partition coefficient (Wildman–Crippen LogP) is -1.82. The Hall–Kier alpha value is -2.73. The van der Waals surface area contributed by atoms with Crippen LogP contribution in [0.1, 0.15) is 46.5 Å². The zero-order chi connectivity index (χ0) is 23.7. The van der Waals surface area contributed by atoms with Crippen LogP contribution in [0.5, 0.6) is 0 Å². The number of aliphatic carboxylic acids is 2. The van der Waals surface area contributed by atoms with E-state index in [0.717, 1.165) is 6.42 Å². The maximum absolute atomic E-state index is 12.7. The summed E-state index contributed by atoms with van der Waals surface area (Å²) >= 11 is 0. The molecule has 0 aromatic rings. The predicted molar refractivity (Wildman–Crippen MR) is 108 cm³/mol. The summed E-state index contributed by atoms with van der Waals surface area (Å²) in [6.45, 7) is 5.24. The molecule has 0 saturated carbocycles. The maximum Gasteiger partial charge on any atom is 0.326 e. The summed E-state index contributed by atoms with van der Waals surface area (Å²) in [4.78, 5) is 59.6. The molecule has 5 atom stereocenters. The lowest BCUT2D eigenvalue weighted by molar-refractivity contribution is -0.143. The molecule has 1 aliphatic heterocycles. The van der Waals surface area contributed by atoms with Gasteiger partial charge in [-0.15, -0.1) is 0 Å². The molecule has 1 fully saturated rings. The number of nitrogens with one attached hydrogen (secondary N) is 4. The Morgan fingerprint density at radius 3 is 2.03 bits per heavy atom. The van der Waals surface area contributed by atoms with Gasteiger partial charge < -0.3 is 36.6 Å². The zero-order valence-corrected chi connectivity index (χ0v) is 17.9. The van der Waals surface area contributed by atoms with E-state index in [2.05, 4.69) is 21.3 Å². The minimum absolute atomic E-state index is 0.323. The van der Waals surface area contributed by atoms with E-state index in [0.29, 0.717) is 13.0 Å². The van der Waals surface area contributed by atoms with Crippen LogP contribution in [0.15, 0.2) is 0 Å². The first-order valence-electron chi connectivity index (χ1n) is 10.2. The second kappa shape index (κ2) is 12.2. The normalized spacial score (nSPS) is 19.7. The van der Waals surface area contributed by atoms with Crippen molar-refractivity contribution in [2.24, 2.45) is 5.92 Å². The molecule has 1 aliphatic rings. The van der Waals surface area contributed by atoms with Gasteiger partial charge in [-0.05, 0) is 38.6 Å². The van der Waals surface area contributed by atoms with Crippen molar-refractivity contribution in [2.75, 3.05) is 6.54 Å². The van der Waals surface area contributed by atoms with Gasteiger partial charge in [-0.3, -0.25) is 19.2 Å². The molecule has 12 nitrogen and oxygen atoms in total. The van der Waals surface area contributed by atoms with Crippen LogP contribution in [0.4, 0.5) is 0 Å². The van der Waals surface area contributed by atoms with Gasteiger partial charge >= 0.3 is 11.9 Å². The lowest BCUT2D eigenvalue weighted by Crippen LogP contribution is -2.60. The minimum atomic E-state index is -1.44. The van der Waals surface area contributed by atoms with Gasteiger partial charge in [0.1, 0.15) is 18.1 Å². The first kappa shape index (κ1) is 26.3. The third-order valence-electron chi connectivity index (χ3n) is 4.95. The third-order valence-corrected chi connectivity index (χ3v) is 4.95. The van der Waals surface area contributed by atoms with Crippen molar-refractivity contribution in [3.8, 4) is 0 Å². The Morgan fingerprint density at radius 2 is 1.58 bits per heavy atom. The highest BCUT2D eigenvalue weighted by atomic mass is 16.4. The summed E-state index contributed by atoms with van der Waals surface area (Å²) < 4.78 is 0. The molecule has 0 aromatic heterocycles. The second-order valence-corrected chi connectivity index (χ2v) is 7.94. The molecule has 12 heteroatoms. The fraction of sp³-hybridized carbons (Fsp3) is 0.737. The molecule has 5 unspecified atom stereocenters. The van der Waals surface area contributed by atoms with Crippen LogP contribution in [0.2, 0.25) is 0 Å². The van der Waals surface area contributed by atoms with E-state index in [9.17, 15) is 34.2 Å². The molecule has 0 spiro atoms. The molecule has 0 radical (unpaired) electrons. The smallest absolute Gasteiger partial charge is 0.326 e. The third kappa shape index (κ3) is 8.50. The van der Waals surface area contributed by atoms with E-state index in [1.165, 1.54) is 6.92 Å². The fourth-order valence-corrected chi connectivity index (χ4v) is 3.13. The quantitative estimate of drug-likeness (QED) is 0.181. The SMILES string of the molecule is CC(C)C(NC(=O)C(NC(=O)C1CCCN1)C(C)O)C(=O)NC(CCC(=O)O)C(=O)O. The maximum atomic E-state index is 12.7. The number of aliphatic hydroxyl groups is 1. The molecule has 0 aromatic carbocycles. The Bertz CT molecular complexity index is 676. The summed E-state index contributed by atoms with van der Waals surface area (Å²) in [5.74, 6) is -5.12. The Morgan fingerprint density at radius 1 is 0.968 bits per heavy atom. The van der Waals surface area contributed by atoms with Crippen LogP contribution in [0.3, 0.4) is 0 Å². The molecule has 1 rings (SSSR count). The zero-order valence-electron chi connectivity index (χ0n) is 17.9. The highest BCUT2D eigenvalue weighted by Gasteiger charge is 2.34. The van der Waals surface area contributed by atoms with Gasteiger partial charge in [-0.25, -0.2) is 4.79 Å². The van der Waals surface area contributed by atoms with Gasteiger partial charge in [0.25, 0.3) is 0 Å². The van der Waals surface area contributed by atoms with Gasteiger partial charge in [-0.2, -0.15) is 0 Å². The van der Waals surface area contributed by atoms with Crippen molar-refractivity contribution in [2.45, 2.75) is 76.7 Å². The number of carboxylic acid groups (broad SMARTS) is 2. The van der Waals surface area contributed by atoms with E-state index < -0.39 is 72.3 Å². The number of rotatable bonds is 12. The molecular weight excluding hydrogens is 412 g/mol. The highest BCUT2D eigenvalue weighted by Crippen LogP contribution is 2.08. The first-order chi connectivity index (χ1) is 14.4. The van der Waals surface area contributed by atoms with Crippen molar-refractivity contribution in [1.82, 2.24) is 21.3 Å². The van der Waals surface area contributed by atoms with Gasteiger partial charge in [0.2, 0.25) is 17.7 Å². The summed E-state index contributed by atoms with van der Waals surface area (Å²) in [5, 5.41) is 38.1. The van der Waals surface area contributed by atoms with Crippen LogP contribution in [0.25, 0.3) is 0 Å². The molecule has 1 heterocycles. The molecular formula is C19H32N4O8. The van der Waals surface area contributed by atoms with Gasteiger partial charge in [0, 0.05) is 6.42 Å². The number of hydrogen-bond donors (Lipinski definition) is 7. The van der Waals surface area contributed by atoms with Crippen molar-refractivity contribution < 1.29 is 39.3 Å². The van der Waals surface area contributed by atoms with E-state index in [1.54, 1.807) is 13.8 Å². The molecule has 176 valence electrons. The van der Waals surface area contributed by atoms with Crippen molar-refractivity contribution in [3.63, 3.8) is 0 Å². The van der Waals surface area contributed by atoms with Crippen LogP contribution in [-0.2, 0) is 24.0 Å². The topological polar surface area (TPSA) is 194 Å². The van der Waals surface area contributed by atoms with E-state index in [1.807, 2.05) is 0 Å². The Balaban J connectivity index is 2.83. The molecule has 31 heavy (non-hydrogen) atoms. The second-order valence-electron chi connectivity index (χ2n) is 7.94. The van der Waals surface area contributed by atoms with E-state index in [4.69, 9.17) is 5.11 Å². The monoisotopic (exact) mass is 444 g/mol. The van der Waals surface area contributed by atoms with Crippen LogP contribution >= 0.6 is 0 Å². The summed E-state index contributed by atoms with van der Waals surface area (Å²) in [6.07, 6.45) is -0.615. The van der Waals surface area contributed by atoms with Crippen LogP contribution in [-0.4, -0.2) is 81.8 Å². The molecule has 7 N–H and O–H groups in total. The lowest BCUT2D eigenvalue weighted by Gasteiger charge is -2.28. The standard InChI is InChI=1S/C19H32N4O8/c1-9(2)14(17(28)21-12(19(30)31)6-7-13(25)26)22-18(29)15(10(3)24)23-16(27)11-5-4-8-20-11/h9-12,14-15,20,24H,4-8H2,1-3H3,(H,21,28)(H,22,29)(H,23,27)(H,25,26)(H,30,31). The molecule has 3 amide bonds. The van der Waals surface area contributed by atoms with Crippen LogP contribution < -0.4 is 21.3 Å². The molecule has 0 bridgehead atoms. The number of carboxylic acids is 2. The fourth-order valence-electron chi connectivity index (χ4n) is 3.13. The van der Waals surface area contributed by atoms with Crippen molar-refractivity contribution in [3.05, 3.63) is 0 Å². The number of hydrogen-bond acceptors (Lipinski definition) is 7. The highest BCUT2D eigenvalue weighted by molar-refractivity contribution is 5.94. The van der Waals surface area contributed by atoms with E-state index in [-0.39, 0.29) is 6.42 Å². The minimum Gasteiger partial charge on any atom is -0.481 e. The van der Waals surface area contributed by atoms with Crippen molar-refractivity contribution >= 4 is 29.7 Å². The Kier molecular flexibility index (Phi) is 10.4. The number of aliphatic hydroxyl groups excluding tert-OH is 1. The largest absolute Gasteiger partial charge is 0.481 e. The van der Waals surface area contributed by atoms with Gasteiger partial charge in [0.05, 0.1) is 12.1 Å². The number of carbonyl (C=O) groups excluding carboxylic acids is 3. The molecule has 0 aliphatic carbocycles. The molecule has 1 saturated heterocycles. The first-order valence-corrected chi connectivity index (χ1v) is 10.2. The number of amides is 3. The summed E-state index contributed by atoms with van der Waals surface area (Å²) in [7, 11) is 0. The van der Waals surface area contributed by atoms with Crippen molar-refractivity contribution in [1.29, 1.82) is 0 Å². The average Bonchev–Trinajstić information content (AvgIpc) is 3.20. The number of carbonyl (C=O) groups is 5. The van der Waals surface area contributed by atoms with E-state index >= 15 is 0 Å². The Labute approximate surface area is 180 Å². The van der Waals surface area contributed by atoms with Gasteiger partial charge in [0.15, 0.2) is 0 Å².